The van der Waals surface area contributed by atoms with Gasteiger partial charge in [-0.05, 0) is 77.0 Å². The summed E-state index contributed by atoms with van der Waals surface area (Å²) in [6.45, 7) is 6.56. The lowest BCUT2D eigenvalue weighted by Crippen LogP contribution is -2.30. The molecule has 0 aromatic carbocycles. The number of ether oxygens (including phenoxy) is 3. The van der Waals surface area contributed by atoms with Crippen LogP contribution in [0.3, 0.4) is 0 Å². The predicted octanol–water partition coefficient (Wildman–Crippen LogP) is 18.7. The number of unbranched alkanes of at least 4 members (excludes halogenated alkanes) is 32. The van der Waals surface area contributed by atoms with Crippen molar-refractivity contribution >= 4 is 17.9 Å². The Morgan fingerprint density at radius 3 is 0.938 bits per heavy atom. The van der Waals surface area contributed by atoms with E-state index in [1.165, 1.54) is 154 Å². The number of allylic oxidation sites excluding steroid dienone is 8. The first kappa shape index (κ1) is 62.4. The van der Waals surface area contributed by atoms with E-state index in [-0.39, 0.29) is 31.1 Å². The zero-order valence-corrected chi connectivity index (χ0v) is 43.3. The molecule has 0 aromatic rings. The fraction of sp³-hybridized carbons (Fsp3) is 0.814. The summed E-state index contributed by atoms with van der Waals surface area (Å²) in [7, 11) is 0. The van der Waals surface area contributed by atoms with Crippen LogP contribution in [0, 0.1) is 0 Å². The van der Waals surface area contributed by atoms with Crippen molar-refractivity contribution in [3.05, 3.63) is 48.6 Å². The van der Waals surface area contributed by atoms with Crippen molar-refractivity contribution < 1.29 is 28.6 Å². The van der Waals surface area contributed by atoms with Gasteiger partial charge in [0.15, 0.2) is 6.10 Å². The molecule has 0 radical (unpaired) electrons. The van der Waals surface area contributed by atoms with Crippen molar-refractivity contribution in [1.82, 2.24) is 0 Å². The molecular formula is C59H106O6. The van der Waals surface area contributed by atoms with E-state index in [2.05, 4.69) is 69.4 Å². The SMILES string of the molecule is CCC/C=C\C/C=C\CCCCCCCC(=O)OCC(COC(=O)CCCCCCCCC/C=C\C/C=C\CCCCC)OC(=O)CCCCCCCCCCCCCCCCCCC. The summed E-state index contributed by atoms with van der Waals surface area (Å²) in [6.07, 6.45) is 65.2. The van der Waals surface area contributed by atoms with Crippen molar-refractivity contribution in [3.8, 4) is 0 Å². The highest BCUT2D eigenvalue weighted by Gasteiger charge is 2.19. The Bertz CT molecular complexity index is 1140. The van der Waals surface area contributed by atoms with Crippen LogP contribution in [0.5, 0.6) is 0 Å². The first-order chi connectivity index (χ1) is 32.0. The molecule has 1 atom stereocenters. The summed E-state index contributed by atoms with van der Waals surface area (Å²) < 4.78 is 16.8. The van der Waals surface area contributed by atoms with E-state index in [9.17, 15) is 14.4 Å². The molecule has 0 saturated carbocycles. The van der Waals surface area contributed by atoms with E-state index < -0.39 is 6.10 Å². The largest absolute Gasteiger partial charge is 0.462 e. The van der Waals surface area contributed by atoms with Crippen LogP contribution < -0.4 is 0 Å². The molecule has 0 aliphatic carbocycles. The van der Waals surface area contributed by atoms with Gasteiger partial charge in [-0.2, -0.15) is 0 Å². The van der Waals surface area contributed by atoms with Crippen molar-refractivity contribution in [2.24, 2.45) is 0 Å². The maximum absolute atomic E-state index is 12.8. The standard InChI is InChI=1S/C59H106O6/c1-4-7-10-13-16-19-22-25-27-29-31-34-37-40-43-46-49-52-58(61)64-55-56(54-63-57(60)51-48-45-42-39-36-33-24-21-18-15-12-9-6-3)65-59(62)53-50-47-44-41-38-35-32-30-28-26-23-20-17-14-11-8-5-2/h12,15-16,19,21,24-25,27,56H,4-11,13-14,17-18,20,22-23,26,28-55H2,1-3H3/b15-12-,19-16-,24-21-,27-25-. The van der Waals surface area contributed by atoms with Gasteiger partial charge in [0.25, 0.3) is 0 Å². The molecule has 0 aromatic heterocycles. The molecule has 6 nitrogen and oxygen atoms in total. The van der Waals surface area contributed by atoms with Gasteiger partial charge < -0.3 is 14.2 Å². The third kappa shape index (κ3) is 52.2. The first-order valence-electron chi connectivity index (χ1n) is 28.1. The summed E-state index contributed by atoms with van der Waals surface area (Å²) >= 11 is 0. The smallest absolute Gasteiger partial charge is 0.306 e. The minimum atomic E-state index is -0.779. The van der Waals surface area contributed by atoms with Crippen LogP contribution in [0.15, 0.2) is 48.6 Å². The van der Waals surface area contributed by atoms with Gasteiger partial charge in [-0.1, -0.05) is 243 Å². The average molecular weight is 911 g/mol. The second kappa shape index (κ2) is 54.0. The molecule has 0 amide bonds. The monoisotopic (exact) mass is 911 g/mol. The van der Waals surface area contributed by atoms with E-state index in [4.69, 9.17) is 14.2 Å². The maximum Gasteiger partial charge on any atom is 0.306 e. The molecule has 0 spiro atoms. The molecule has 0 rings (SSSR count). The molecule has 0 bridgehead atoms. The Kier molecular flexibility index (Phi) is 51.8. The Morgan fingerprint density at radius 2 is 0.585 bits per heavy atom. The summed E-state index contributed by atoms with van der Waals surface area (Å²) in [4.78, 5) is 38.1. The summed E-state index contributed by atoms with van der Waals surface area (Å²) in [5, 5.41) is 0. The quantitative estimate of drug-likeness (QED) is 0.0262. The molecule has 0 saturated heterocycles. The molecule has 378 valence electrons. The van der Waals surface area contributed by atoms with Gasteiger partial charge in [-0.3, -0.25) is 14.4 Å². The van der Waals surface area contributed by atoms with Crippen LogP contribution in [-0.4, -0.2) is 37.2 Å². The topological polar surface area (TPSA) is 78.9 Å². The lowest BCUT2D eigenvalue weighted by atomic mass is 10.0. The normalized spacial score (nSPS) is 12.4. The van der Waals surface area contributed by atoms with E-state index in [1.807, 2.05) is 0 Å². The molecule has 65 heavy (non-hydrogen) atoms. The second-order valence-electron chi connectivity index (χ2n) is 18.8. The third-order valence-corrected chi connectivity index (χ3v) is 12.3. The number of esters is 3. The second-order valence-corrected chi connectivity index (χ2v) is 18.8. The Balaban J connectivity index is 4.36. The van der Waals surface area contributed by atoms with E-state index in [0.717, 1.165) is 96.3 Å². The van der Waals surface area contributed by atoms with Crippen LogP contribution >= 0.6 is 0 Å². The highest BCUT2D eigenvalue weighted by molar-refractivity contribution is 5.71. The van der Waals surface area contributed by atoms with Crippen LogP contribution in [0.25, 0.3) is 0 Å². The van der Waals surface area contributed by atoms with E-state index in [1.54, 1.807) is 0 Å². The van der Waals surface area contributed by atoms with Gasteiger partial charge in [-0.15, -0.1) is 0 Å². The van der Waals surface area contributed by atoms with E-state index in [0.29, 0.717) is 19.3 Å². The fourth-order valence-electron chi connectivity index (χ4n) is 8.04. The van der Waals surface area contributed by atoms with Crippen molar-refractivity contribution in [3.63, 3.8) is 0 Å². The average Bonchev–Trinajstić information content (AvgIpc) is 3.30. The molecule has 0 heterocycles. The van der Waals surface area contributed by atoms with Crippen LogP contribution in [0.1, 0.15) is 290 Å². The van der Waals surface area contributed by atoms with Gasteiger partial charge in [0.2, 0.25) is 0 Å². The van der Waals surface area contributed by atoms with Crippen LogP contribution in [0.4, 0.5) is 0 Å². The van der Waals surface area contributed by atoms with Crippen LogP contribution in [-0.2, 0) is 28.6 Å². The Hall–Kier alpha value is -2.63. The molecule has 1 unspecified atom stereocenters. The first-order valence-corrected chi connectivity index (χ1v) is 28.1. The van der Waals surface area contributed by atoms with Crippen molar-refractivity contribution in [2.75, 3.05) is 13.2 Å². The zero-order chi connectivity index (χ0) is 47.2. The van der Waals surface area contributed by atoms with Gasteiger partial charge >= 0.3 is 17.9 Å². The molecule has 0 aliphatic heterocycles. The lowest BCUT2D eigenvalue weighted by molar-refractivity contribution is -0.167. The van der Waals surface area contributed by atoms with Crippen LogP contribution in [0.2, 0.25) is 0 Å². The number of hydrogen-bond donors (Lipinski definition) is 0. The summed E-state index contributed by atoms with van der Waals surface area (Å²) in [5.74, 6) is -0.887. The highest BCUT2D eigenvalue weighted by Crippen LogP contribution is 2.16. The molecule has 0 N–H and O–H groups in total. The van der Waals surface area contributed by atoms with Gasteiger partial charge in [0, 0.05) is 19.3 Å². The minimum absolute atomic E-state index is 0.0793. The van der Waals surface area contributed by atoms with Crippen molar-refractivity contribution in [1.29, 1.82) is 0 Å². The number of carbonyl (C=O) groups is 3. The number of rotatable bonds is 51. The Morgan fingerprint density at radius 1 is 0.308 bits per heavy atom. The number of carbonyl (C=O) groups excluding carboxylic acids is 3. The minimum Gasteiger partial charge on any atom is -0.462 e. The van der Waals surface area contributed by atoms with Gasteiger partial charge in [0.05, 0.1) is 0 Å². The summed E-state index contributed by atoms with van der Waals surface area (Å²) in [5.41, 5.74) is 0. The Labute approximate surface area is 403 Å². The van der Waals surface area contributed by atoms with Crippen molar-refractivity contribution in [2.45, 2.75) is 297 Å². The lowest BCUT2D eigenvalue weighted by Gasteiger charge is -2.18. The highest BCUT2D eigenvalue weighted by atomic mass is 16.6. The van der Waals surface area contributed by atoms with Gasteiger partial charge in [0.1, 0.15) is 13.2 Å². The maximum atomic E-state index is 12.8. The zero-order valence-electron chi connectivity index (χ0n) is 43.3. The number of hydrogen-bond acceptors (Lipinski definition) is 6. The molecule has 0 aliphatic rings. The molecular weight excluding hydrogens is 805 g/mol. The van der Waals surface area contributed by atoms with E-state index >= 15 is 0 Å². The fourth-order valence-corrected chi connectivity index (χ4v) is 8.04. The predicted molar refractivity (Wildman–Crippen MR) is 279 cm³/mol. The summed E-state index contributed by atoms with van der Waals surface area (Å²) in [6, 6.07) is 0. The third-order valence-electron chi connectivity index (χ3n) is 12.3. The van der Waals surface area contributed by atoms with Gasteiger partial charge in [-0.25, -0.2) is 0 Å². The molecule has 0 fully saturated rings. The molecule has 6 heteroatoms.